The summed E-state index contributed by atoms with van der Waals surface area (Å²) >= 11 is 0. The lowest BCUT2D eigenvalue weighted by atomic mass is 10.1. The number of carbonyl (C=O) groups is 1. The van der Waals surface area contributed by atoms with Crippen molar-refractivity contribution in [3.8, 4) is 0 Å². The first-order valence-electron chi connectivity index (χ1n) is 6.80. The van der Waals surface area contributed by atoms with Gasteiger partial charge >= 0.3 is 5.97 Å². The maximum absolute atomic E-state index is 11.5. The summed E-state index contributed by atoms with van der Waals surface area (Å²) in [6.07, 6.45) is 2.50. The van der Waals surface area contributed by atoms with Gasteiger partial charge in [-0.2, -0.15) is 0 Å². The minimum absolute atomic E-state index is 0.268. The van der Waals surface area contributed by atoms with Crippen molar-refractivity contribution in [1.29, 1.82) is 0 Å². The van der Waals surface area contributed by atoms with Crippen molar-refractivity contribution in [3.63, 3.8) is 0 Å². The lowest BCUT2D eigenvalue weighted by Gasteiger charge is -2.24. The third-order valence-corrected chi connectivity index (χ3v) is 3.67. The summed E-state index contributed by atoms with van der Waals surface area (Å²) in [5.41, 5.74) is 1.80. The van der Waals surface area contributed by atoms with Crippen molar-refractivity contribution in [2.24, 2.45) is 0 Å². The van der Waals surface area contributed by atoms with Crippen molar-refractivity contribution < 1.29 is 9.53 Å². The Morgan fingerprint density at radius 1 is 1.53 bits per heavy atom. The van der Waals surface area contributed by atoms with Gasteiger partial charge in [0.1, 0.15) is 0 Å². The van der Waals surface area contributed by atoms with Crippen LogP contribution in [0.2, 0.25) is 0 Å². The molecule has 0 aromatic heterocycles. The van der Waals surface area contributed by atoms with Crippen LogP contribution in [0, 0.1) is 0 Å². The van der Waals surface area contributed by atoms with E-state index in [1.54, 1.807) is 6.07 Å². The molecule has 1 fully saturated rings. The molecule has 1 aromatic rings. The number of nitrogens with zero attached hydrogens (tertiary/aromatic N) is 1. The van der Waals surface area contributed by atoms with E-state index in [1.807, 2.05) is 19.2 Å². The third kappa shape index (κ3) is 3.55. The van der Waals surface area contributed by atoms with Gasteiger partial charge in [0.05, 0.1) is 12.7 Å². The highest BCUT2D eigenvalue weighted by Gasteiger charge is 2.23. The maximum Gasteiger partial charge on any atom is 0.337 e. The standard InChI is InChI=1S/C15H22N2O2/c1-16-10-14-7-4-8-17(14)11-12-5-3-6-13(9-12)15(18)19-2/h3,5-6,9,14,16H,4,7-8,10-11H2,1-2H3. The van der Waals surface area contributed by atoms with Gasteiger partial charge in [-0.05, 0) is 44.1 Å². The first-order chi connectivity index (χ1) is 9.24. The minimum Gasteiger partial charge on any atom is -0.465 e. The van der Waals surface area contributed by atoms with Gasteiger partial charge in [0, 0.05) is 19.1 Å². The highest BCUT2D eigenvalue weighted by molar-refractivity contribution is 5.89. The molecule has 0 radical (unpaired) electrons. The fourth-order valence-electron chi connectivity index (χ4n) is 2.72. The molecule has 1 aromatic carbocycles. The molecule has 4 heteroatoms. The van der Waals surface area contributed by atoms with E-state index in [1.165, 1.54) is 25.5 Å². The Labute approximate surface area is 114 Å². The summed E-state index contributed by atoms with van der Waals surface area (Å²) in [7, 11) is 3.41. The minimum atomic E-state index is -0.268. The molecule has 1 heterocycles. The third-order valence-electron chi connectivity index (χ3n) is 3.67. The predicted octanol–water partition coefficient (Wildman–Crippen LogP) is 1.66. The lowest BCUT2D eigenvalue weighted by molar-refractivity contribution is 0.0600. The van der Waals surface area contributed by atoms with E-state index in [0.29, 0.717) is 11.6 Å². The van der Waals surface area contributed by atoms with E-state index in [4.69, 9.17) is 4.74 Å². The molecular formula is C15H22N2O2. The van der Waals surface area contributed by atoms with Crippen LogP contribution in [-0.4, -0.2) is 44.2 Å². The summed E-state index contributed by atoms with van der Waals surface area (Å²) in [4.78, 5) is 14.0. The Kier molecular flexibility index (Phi) is 4.93. The normalized spacial score (nSPS) is 19.6. The van der Waals surface area contributed by atoms with Gasteiger partial charge in [0.2, 0.25) is 0 Å². The largest absolute Gasteiger partial charge is 0.465 e. The fraction of sp³-hybridized carbons (Fsp3) is 0.533. The number of benzene rings is 1. The highest BCUT2D eigenvalue weighted by atomic mass is 16.5. The zero-order valence-electron chi connectivity index (χ0n) is 11.7. The van der Waals surface area contributed by atoms with Crippen LogP contribution >= 0.6 is 0 Å². The first kappa shape index (κ1) is 14.0. The van der Waals surface area contributed by atoms with Crippen LogP contribution in [0.25, 0.3) is 0 Å². The topological polar surface area (TPSA) is 41.6 Å². The lowest BCUT2D eigenvalue weighted by Crippen LogP contribution is -2.36. The van der Waals surface area contributed by atoms with Crippen LogP contribution in [0.3, 0.4) is 0 Å². The summed E-state index contributed by atoms with van der Waals surface area (Å²) in [5, 5.41) is 3.25. The summed E-state index contributed by atoms with van der Waals surface area (Å²) in [5.74, 6) is -0.268. The summed E-state index contributed by atoms with van der Waals surface area (Å²) in [6.45, 7) is 3.06. The van der Waals surface area contributed by atoms with E-state index in [0.717, 1.165) is 19.6 Å². The second kappa shape index (κ2) is 6.68. The van der Waals surface area contributed by atoms with Crippen LogP contribution in [0.4, 0.5) is 0 Å². The van der Waals surface area contributed by atoms with Crippen molar-refractivity contribution in [1.82, 2.24) is 10.2 Å². The van der Waals surface area contributed by atoms with Gasteiger partial charge in [-0.1, -0.05) is 12.1 Å². The van der Waals surface area contributed by atoms with Crippen molar-refractivity contribution in [3.05, 3.63) is 35.4 Å². The average molecular weight is 262 g/mol. The Morgan fingerprint density at radius 2 is 2.37 bits per heavy atom. The average Bonchev–Trinajstić information content (AvgIpc) is 2.86. The molecule has 0 spiro atoms. The SMILES string of the molecule is CNCC1CCCN1Cc1cccc(C(=O)OC)c1. The van der Waals surface area contributed by atoms with Gasteiger partial charge in [0.15, 0.2) is 0 Å². The van der Waals surface area contributed by atoms with Gasteiger partial charge in [-0.15, -0.1) is 0 Å². The molecule has 1 unspecified atom stereocenters. The van der Waals surface area contributed by atoms with E-state index < -0.39 is 0 Å². The number of hydrogen-bond donors (Lipinski definition) is 1. The van der Waals surface area contributed by atoms with Gasteiger partial charge in [-0.3, -0.25) is 4.90 Å². The fourth-order valence-corrected chi connectivity index (χ4v) is 2.72. The van der Waals surface area contributed by atoms with E-state index >= 15 is 0 Å². The molecule has 1 aliphatic heterocycles. The molecule has 19 heavy (non-hydrogen) atoms. The Bertz CT molecular complexity index is 434. The first-order valence-corrected chi connectivity index (χ1v) is 6.80. The molecule has 0 saturated carbocycles. The van der Waals surface area contributed by atoms with Crippen LogP contribution in [0.1, 0.15) is 28.8 Å². The van der Waals surface area contributed by atoms with Crippen LogP contribution in [0.5, 0.6) is 0 Å². The summed E-state index contributed by atoms with van der Waals surface area (Å²) < 4.78 is 4.76. The van der Waals surface area contributed by atoms with Gasteiger partial charge in [-0.25, -0.2) is 4.79 Å². The Morgan fingerprint density at radius 3 is 3.11 bits per heavy atom. The number of hydrogen-bond acceptors (Lipinski definition) is 4. The molecule has 0 aliphatic carbocycles. The Balaban J connectivity index is 2.04. The van der Waals surface area contributed by atoms with Crippen LogP contribution in [0.15, 0.2) is 24.3 Å². The molecule has 1 aliphatic rings. The smallest absolute Gasteiger partial charge is 0.337 e. The molecule has 1 saturated heterocycles. The molecule has 4 nitrogen and oxygen atoms in total. The zero-order valence-corrected chi connectivity index (χ0v) is 11.7. The van der Waals surface area contributed by atoms with E-state index in [-0.39, 0.29) is 5.97 Å². The van der Waals surface area contributed by atoms with Crippen molar-refractivity contribution in [2.75, 3.05) is 27.2 Å². The molecular weight excluding hydrogens is 240 g/mol. The molecule has 0 bridgehead atoms. The molecule has 104 valence electrons. The molecule has 1 N–H and O–H groups in total. The second-order valence-corrected chi connectivity index (χ2v) is 5.02. The summed E-state index contributed by atoms with van der Waals surface area (Å²) in [6, 6.07) is 8.32. The Hall–Kier alpha value is -1.39. The number of esters is 1. The van der Waals surface area contributed by atoms with Gasteiger partial charge in [0.25, 0.3) is 0 Å². The van der Waals surface area contributed by atoms with Crippen molar-refractivity contribution >= 4 is 5.97 Å². The second-order valence-electron chi connectivity index (χ2n) is 5.02. The molecule has 2 rings (SSSR count). The van der Waals surface area contributed by atoms with E-state index in [9.17, 15) is 4.79 Å². The monoisotopic (exact) mass is 262 g/mol. The number of methoxy groups -OCH3 is 1. The number of carbonyl (C=O) groups excluding carboxylic acids is 1. The maximum atomic E-state index is 11.5. The van der Waals surface area contributed by atoms with Crippen molar-refractivity contribution in [2.45, 2.75) is 25.4 Å². The van der Waals surface area contributed by atoms with Gasteiger partial charge < -0.3 is 10.1 Å². The highest BCUT2D eigenvalue weighted by Crippen LogP contribution is 2.20. The zero-order chi connectivity index (χ0) is 13.7. The quantitative estimate of drug-likeness (QED) is 0.819. The number of nitrogens with one attached hydrogen (secondary N) is 1. The van der Waals surface area contributed by atoms with Crippen LogP contribution in [-0.2, 0) is 11.3 Å². The predicted molar refractivity (Wildman–Crippen MR) is 75.1 cm³/mol. The van der Waals surface area contributed by atoms with E-state index in [2.05, 4.69) is 16.3 Å². The number of rotatable bonds is 5. The number of likely N-dealkylation sites (tertiary alicyclic amines) is 1. The molecule has 1 atom stereocenters. The van der Waals surface area contributed by atoms with Crippen LogP contribution < -0.4 is 5.32 Å². The number of likely N-dealkylation sites (N-methyl/N-ethyl adjacent to an activating group) is 1. The molecule has 0 amide bonds. The number of ether oxygens (including phenoxy) is 1.